The molecule has 1 heterocycles. The molecule has 4 nitrogen and oxygen atoms in total. The second-order valence-corrected chi connectivity index (χ2v) is 6.64. The number of rotatable bonds is 6. The third-order valence-electron chi connectivity index (χ3n) is 2.83. The molecule has 0 saturated carbocycles. The van der Waals surface area contributed by atoms with Gasteiger partial charge >= 0.3 is 0 Å². The van der Waals surface area contributed by atoms with Crippen molar-refractivity contribution in [1.29, 1.82) is 0 Å². The summed E-state index contributed by atoms with van der Waals surface area (Å²) in [7, 11) is -2.88. The van der Waals surface area contributed by atoms with Crippen LogP contribution in [0.3, 0.4) is 0 Å². The highest BCUT2D eigenvalue weighted by molar-refractivity contribution is 7.91. The molecule has 2 aromatic rings. The van der Waals surface area contributed by atoms with Crippen molar-refractivity contribution < 1.29 is 13.2 Å². The third kappa shape index (κ3) is 3.26. The summed E-state index contributed by atoms with van der Waals surface area (Å²) in [5.41, 5.74) is 1.07. The molecule has 2 rings (SSSR count). The van der Waals surface area contributed by atoms with Crippen LogP contribution in [0.15, 0.2) is 30.5 Å². The number of hydrogen-bond donors (Lipinski definition) is 1. The maximum atomic E-state index is 11.3. The highest BCUT2D eigenvalue weighted by Gasteiger charge is 2.06. The molecule has 1 N–H and O–H groups in total. The molecule has 98 valence electrons. The Hall–Kier alpha value is -1.49. The van der Waals surface area contributed by atoms with Crippen LogP contribution < -0.4 is 4.74 Å². The van der Waals surface area contributed by atoms with Gasteiger partial charge in [-0.25, -0.2) is 8.42 Å². The van der Waals surface area contributed by atoms with E-state index in [-0.39, 0.29) is 11.5 Å². The van der Waals surface area contributed by atoms with Gasteiger partial charge in [0.05, 0.1) is 12.4 Å². The lowest BCUT2D eigenvalue weighted by Crippen LogP contribution is -2.11. The Bertz CT molecular complexity index is 616. The first-order chi connectivity index (χ1) is 8.61. The van der Waals surface area contributed by atoms with E-state index in [4.69, 9.17) is 4.74 Å². The first kappa shape index (κ1) is 13.0. The topological polar surface area (TPSA) is 59.2 Å². The van der Waals surface area contributed by atoms with Gasteiger partial charge in [-0.3, -0.25) is 0 Å². The smallest absolute Gasteiger partial charge is 0.150 e. The average Bonchev–Trinajstić information content (AvgIpc) is 2.82. The van der Waals surface area contributed by atoms with Crippen LogP contribution in [0, 0.1) is 0 Å². The number of ether oxygens (including phenoxy) is 1. The Kier molecular flexibility index (Phi) is 3.91. The number of aromatic nitrogens is 1. The van der Waals surface area contributed by atoms with E-state index >= 15 is 0 Å². The van der Waals surface area contributed by atoms with Gasteiger partial charge in [0.1, 0.15) is 15.6 Å². The first-order valence-corrected chi connectivity index (χ1v) is 7.83. The molecule has 0 saturated heterocycles. The molecule has 0 atom stereocenters. The van der Waals surface area contributed by atoms with E-state index < -0.39 is 9.84 Å². The second-order valence-electron chi connectivity index (χ2n) is 4.17. The Morgan fingerprint density at radius 3 is 2.89 bits per heavy atom. The summed E-state index contributed by atoms with van der Waals surface area (Å²) in [5, 5.41) is 1.09. The number of benzene rings is 1. The molecular formula is C13H17NO3S. The molecule has 1 aromatic carbocycles. The first-order valence-electron chi connectivity index (χ1n) is 6.01. The zero-order valence-corrected chi connectivity index (χ0v) is 11.2. The minimum Gasteiger partial charge on any atom is -0.494 e. The summed E-state index contributed by atoms with van der Waals surface area (Å²) < 4.78 is 28.1. The highest BCUT2D eigenvalue weighted by atomic mass is 32.2. The van der Waals surface area contributed by atoms with Crippen molar-refractivity contribution in [2.45, 2.75) is 13.3 Å². The lowest BCUT2D eigenvalue weighted by Gasteiger charge is -2.06. The van der Waals surface area contributed by atoms with Crippen LogP contribution in [0.4, 0.5) is 0 Å². The third-order valence-corrected chi connectivity index (χ3v) is 4.62. The van der Waals surface area contributed by atoms with Crippen molar-refractivity contribution in [2.24, 2.45) is 0 Å². The molecule has 0 bridgehead atoms. The molecule has 0 amide bonds. The van der Waals surface area contributed by atoms with Gasteiger partial charge in [0.15, 0.2) is 0 Å². The standard InChI is InChI=1S/C13H17NO3S/c1-2-18(15,16)9-3-8-17-12-4-5-13-11(10-12)6-7-14-13/h4-7,10,14H,2-3,8-9H2,1H3. The molecule has 5 heteroatoms. The van der Waals surface area contributed by atoms with Gasteiger partial charge in [-0.05, 0) is 30.7 Å². The molecule has 0 aliphatic heterocycles. The molecule has 0 radical (unpaired) electrons. The molecule has 1 aromatic heterocycles. The highest BCUT2D eigenvalue weighted by Crippen LogP contribution is 2.19. The van der Waals surface area contributed by atoms with Crippen molar-refractivity contribution in [3.8, 4) is 5.75 Å². The number of aromatic amines is 1. The van der Waals surface area contributed by atoms with E-state index in [9.17, 15) is 8.42 Å². The van der Waals surface area contributed by atoms with Crippen LogP contribution in [0.2, 0.25) is 0 Å². The number of H-pyrrole nitrogens is 1. The molecule has 0 spiro atoms. The average molecular weight is 267 g/mol. The summed E-state index contributed by atoms with van der Waals surface area (Å²) in [6.07, 6.45) is 2.41. The van der Waals surface area contributed by atoms with Crippen LogP contribution in [-0.2, 0) is 9.84 Å². The monoisotopic (exact) mass is 267 g/mol. The SMILES string of the molecule is CCS(=O)(=O)CCCOc1ccc2[nH]ccc2c1. The van der Waals surface area contributed by atoms with Crippen LogP contribution >= 0.6 is 0 Å². The van der Waals surface area contributed by atoms with Gasteiger partial charge in [0.25, 0.3) is 0 Å². The molecule has 0 unspecified atom stereocenters. The van der Waals surface area contributed by atoms with E-state index in [0.717, 1.165) is 16.7 Å². The van der Waals surface area contributed by atoms with Crippen molar-refractivity contribution in [1.82, 2.24) is 4.98 Å². The van der Waals surface area contributed by atoms with Crippen LogP contribution in [0.25, 0.3) is 10.9 Å². The van der Waals surface area contributed by atoms with Crippen LogP contribution in [0.5, 0.6) is 5.75 Å². The summed E-state index contributed by atoms with van der Waals surface area (Å²) in [5.74, 6) is 1.16. The zero-order valence-electron chi connectivity index (χ0n) is 10.3. The number of nitrogens with one attached hydrogen (secondary N) is 1. The molecular weight excluding hydrogens is 250 g/mol. The Morgan fingerprint density at radius 2 is 2.11 bits per heavy atom. The van der Waals surface area contributed by atoms with E-state index in [2.05, 4.69) is 4.98 Å². The van der Waals surface area contributed by atoms with Crippen LogP contribution in [0.1, 0.15) is 13.3 Å². The normalized spacial score (nSPS) is 11.8. The predicted octanol–water partition coefficient (Wildman–Crippen LogP) is 2.37. The minimum atomic E-state index is -2.88. The van der Waals surface area contributed by atoms with Crippen molar-refractivity contribution >= 4 is 20.7 Å². The molecule has 18 heavy (non-hydrogen) atoms. The summed E-state index contributed by atoms with van der Waals surface area (Å²) in [4.78, 5) is 3.11. The fraction of sp³-hybridized carbons (Fsp3) is 0.385. The Balaban J connectivity index is 1.86. The van der Waals surface area contributed by atoms with Gasteiger partial charge in [0, 0.05) is 22.9 Å². The molecule has 0 fully saturated rings. The van der Waals surface area contributed by atoms with Gasteiger partial charge < -0.3 is 9.72 Å². The largest absolute Gasteiger partial charge is 0.494 e. The Morgan fingerprint density at radius 1 is 1.28 bits per heavy atom. The maximum Gasteiger partial charge on any atom is 0.150 e. The fourth-order valence-corrected chi connectivity index (χ4v) is 2.58. The predicted molar refractivity (Wildman–Crippen MR) is 72.7 cm³/mol. The molecule has 0 aliphatic rings. The minimum absolute atomic E-state index is 0.190. The lowest BCUT2D eigenvalue weighted by atomic mass is 10.2. The van der Waals surface area contributed by atoms with Gasteiger partial charge in [-0.1, -0.05) is 6.92 Å². The number of fused-ring (bicyclic) bond motifs is 1. The van der Waals surface area contributed by atoms with E-state index in [1.165, 1.54) is 0 Å². The maximum absolute atomic E-state index is 11.3. The summed E-state index contributed by atoms with van der Waals surface area (Å²) in [6, 6.07) is 7.75. The number of hydrogen-bond acceptors (Lipinski definition) is 3. The number of sulfone groups is 1. The molecule has 0 aliphatic carbocycles. The van der Waals surface area contributed by atoms with Crippen molar-refractivity contribution in [2.75, 3.05) is 18.1 Å². The lowest BCUT2D eigenvalue weighted by molar-refractivity contribution is 0.318. The van der Waals surface area contributed by atoms with Crippen LogP contribution in [-0.4, -0.2) is 31.5 Å². The Labute approximate surface area is 107 Å². The fourth-order valence-electron chi connectivity index (χ4n) is 1.73. The zero-order chi connectivity index (χ0) is 13.0. The van der Waals surface area contributed by atoms with Gasteiger partial charge in [0.2, 0.25) is 0 Å². The summed E-state index contributed by atoms with van der Waals surface area (Å²) in [6.45, 7) is 2.09. The van der Waals surface area contributed by atoms with E-state index in [1.54, 1.807) is 6.92 Å². The van der Waals surface area contributed by atoms with Gasteiger partial charge in [-0.2, -0.15) is 0 Å². The summed E-state index contributed by atoms with van der Waals surface area (Å²) >= 11 is 0. The quantitative estimate of drug-likeness (QED) is 0.817. The van der Waals surface area contributed by atoms with Crippen molar-refractivity contribution in [3.05, 3.63) is 30.5 Å². The van der Waals surface area contributed by atoms with E-state index in [0.29, 0.717) is 13.0 Å². The second kappa shape index (κ2) is 5.44. The van der Waals surface area contributed by atoms with E-state index in [1.807, 2.05) is 30.5 Å². The van der Waals surface area contributed by atoms with Gasteiger partial charge in [-0.15, -0.1) is 0 Å². The van der Waals surface area contributed by atoms with Crippen molar-refractivity contribution in [3.63, 3.8) is 0 Å².